The molecule has 0 aliphatic carbocycles. The van der Waals surface area contributed by atoms with E-state index in [9.17, 15) is 22.8 Å². The smallest absolute Gasteiger partial charge is 0.318 e. The van der Waals surface area contributed by atoms with Gasteiger partial charge in [0.2, 0.25) is 10.0 Å². The number of sulfonamides is 1. The molecule has 0 radical (unpaired) electrons. The minimum atomic E-state index is -3.66. The fourth-order valence-corrected chi connectivity index (χ4v) is 5.15. The molecule has 0 saturated carbocycles. The Hall–Kier alpha value is -3.24. The number of rotatable bonds is 8. The summed E-state index contributed by atoms with van der Waals surface area (Å²) in [6.07, 6.45) is 0.297. The van der Waals surface area contributed by atoms with Crippen molar-refractivity contribution in [3.8, 4) is 0 Å². The van der Waals surface area contributed by atoms with Gasteiger partial charge in [-0.05, 0) is 36.2 Å². The molecule has 1 heterocycles. The second kappa shape index (κ2) is 9.09. The first-order valence-corrected chi connectivity index (χ1v) is 11.8. The molecule has 0 unspecified atom stereocenters. The summed E-state index contributed by atoms with van der Waals surface area (Å²) >= 11 is 0. The van der Waals surface area contributed by atoms with Crippen LogP contribution in [0.25, 0.3) is 0 Å². The van der Waals surface area contributed by atoms with Crippen molar-refractivity contribution in [2.75, 3.05) is 13.1 Å². The number of hydrazine groups is 1. The largest absolute Gasteiger partial charge is 0.344 e. The highest BCUT2D eigenvalue weighted by Gasteiger charge is 2.52. The molecule has 32 heavy (non-hydrogen) atoms. The summed E-state index contributed by atoms with van der Waals surface area (Å²) in [7, 11) is -3.66. The Kier molecular flexibility index (Phi) is 6.65. The third-order valence-corrected chi connectivity index (χ3v) is 7.63. The van der Waals surface area contributed by atoms with Crippen LogP contribution >= 0.6 is 0 Å². The molecule has 1 fully saturated rings. The third-order valence-electron chi connectivity index (χ3n) is 5.56. The summed E-state index contributed by atoms with van der Waals surface area (Å²) in [5.74, 6) is -1.30. The molecule has 1 saturated heterocycles. The highest BCUT2D eigenvalue weighted by molar-refractivity contribution is 7.89. The number of nitrogens with one attached hydrogen (secondary N) is 2. The summed E-state index contributed by atoms with van der Waals surface area (Å²) in [6, 6.07) is 13.4. The van der Waals surface area contributed by atoms with Gasteiger partial charge in [0.25, 0.3) is 11.8 Å². The normalized spacial score (nSPS) is 18.7. The zero-order chi connectivity index (χ0) is 23.5. The van der Waals surface area contributed by atoms with E-state index in [-0.39, 0.29) is 10.5 Å². The zero-order valence-corrected chi connectivity index (χ0v) is 19.0. The highest BCUT2D eigenvalue weighted by atomic mass is 32.2. The van der Waals surface area contributed by atoms with Crippen molar-refractivity contribution in [3.05, 3.63) is 65.7 Å². The maximum Gasteiger partial charge on any atom is 0.344 e. The van der Waals surface area contributed by atoms with Gasteiger partial charge < -0.3 is 5.32 Å². The Morgan fingerprint density at radius 1 is 1.00 bits per heavy atom. The highest BCUT2D eigenvalue weighted by Crippen LogP contribution is 2.31. The topological polar surface area (TPSA) is 116 Å². The summed E-state index contributed by atoms with van der Waals surface area (Å²) in [4.78, 5) is 38.4. The predicted molar refractivity (Wildman–Crippen MR) is 118 cm³/mol. The Balaban J connectivity index is 1.80. The lowest BCUT2D eigenvalue weighted by atomic mass is 9.87. The Labute approximate surface area is 187 Å². The van der Waals surface area contributed by atoms with E-state index in [1.54, 1.807) is 51.1 Å². The van der Waals surface area contributed by atoms with Gasteiger partial charge >= 0.3 is 6.03 Å². The average molecular weight is 459 g/mol. The van der Waals surface area contributed by atoms with Crippen molar-refractivity contribution >= 4 is 27.9 Å². The molecule has 2 aromatic carbocycles. The van der Waals surface area contributed by atoms with Crippen molar-refractivity contribution in [1.82, 2.24) is 20.1 Å². The zero-order valence-electron chi connectivity index (χ0n) is 18.2. The maximum absolute atomic E-state index is 13.1. The van der Waals surface area contributed by atoms with Gasteiger partial charge in [0.15, 0.2) is 0 Å². The van der Waals surface area contributed by atoms with Gasteiger partial charge in [-0.1, -0.05) is 51.1 Å². The van der Waals surface area contributed by atoms with E-state index >= 15 is 0 Å². The van der Waals surface area contributed by atoms with Gasteiger partial charge in [-0.15, -0.1) is 0 Å². The summed E-state index contributed by atoms with van der Waals surface area (Å²) in [6.45, 7) is 5.91. The predicted octanol–water partition coefficient (Wildman–Crippen LogP) is 2.22. The van der Waals surface area contributed by atoms with Gasteiger partial charge in [-0.25, -0.2) is 13.2 Å². The number of carbonyl (C=O) groups excluding carboxylic acids is 3. The first-order chi connectivity index (χ1) is 15.2. The fraction of sp³-hybridized carbons (Fsp3) is 0.318. The number of urea groups is 1. The molecule has 0 aromatic heterocycles. The number of amides is 4. The van der Waals surface area contributed by atoms with Crippen LogP contribution in [0.1, 0.15) is 43.1 Å². The van der Waals surface area contributed by atoms with Crippen LogP contribution in [0.15, 0.2) is 59.5 Å². The monoisotopic (exact) mass is 458 g/mol. The Morgan fingerprint density at radius 3 is 2.12 bits per heavy atom. The van der Waals surface area contributed by atoms with Crippen LogP contribution < -0.4 is 10.7 Å². The molecule has 1 atom stereocenters. The molecule has 2 N–H and O–H groups in total. The van der Waals surface area contributed by atoms with Crippen LogP contribution in [0.5, 0.6) is 0 Å². The molecule has 1 aliphatic heterocycles. The van der Waals surface area contributed by atoms with Gasteiger partial charge in [-0.3, -0.25) is 15.0 Å². The molecule has 4 amide bonds. The van der Waals surface area contributed by atoms with Crippen molar-refractivity contribution in [3.63, 3.8) is 0 Å². The minimum Gasteiger partial charge on any atom is -0.318 e. The second-order valence-corrected chi connectivity index (χ2v) is 9.19. The number of hydrogen-bond donors (Lipinski definition) is 2. The first-order valence-electron chi connectivity index (χ1n) is 10.3. The van der Waals surface area contributed by atoms with Crippen molar-refractivity contribution in [1.29, 1.82) is 0 Å². The lowest BCUT2D eigenvalue weighted by Crippen LogP contribution is -2.48. The number of carbonyl (C=O) groups is 3. The van der Waals surface area contributed by atoms with Gasteiger partial charge in [0.1, 0.15) is 5.54 Å². The van der Waals surface area contributed by atoms with Gasteiger partial charge in [0.05, 0.1) is 4.90 Å². The molecule has 3 rings (SSSR count). The van der Waals surface area contributed by atoms with Crippen molar-refractivity contribution in [2.45, 2.75) is 37.6 Å². The molecule has 1 aliphatic rings. The van der Waals surface area contributed by atoms with E-state index in [1.807, 2.05) is 0 Å². The fourth-order valence-electron chi connectivity index (χ4n) is 3.70. The lowest BCUT2D eigenvalue weighted by molar-refractivity contribution is -0.133. The number of nitrogens with zero attached hydrogens (tertiary/aromatic N) is 2. The molecule has 2 aromatic rings. The molecule has 0 bridgehead atoms. The third kappa shape index (κ3) is 3.98. The minimum absolute atomic E-state index is 0.0572. The number of benzene rings is 2. The molecule has 170 valence electrons. The van der Waals surface area contributed by atoms with Crippen LogP contribution in [0.4, 0.5) is 4.79 Å². The number of hydrogen-bond acceptors (Lipinski definition) is 5. The molecular weight excluding hydrogens is 432 g/mol. The Bertz CT molecular complexity index is 1110. The van der Waals surface area contributed by atoms with Crippen molar-refractivity contribution in [2.24, 2.45) is 0 Å². The van der Waals surface area contributed by atoms with E-state index in [4.69, 9.17) is 0 Å². The molecule has 10 heteroatoms. The van der Waals surface area contributed by atoms with E-state index in [0.717, 1.165) is 0 Å². The molecule has 0 spiro atoms. The lowest BCUT2D eigenvalue weighted by Gasteiger charge is -2.25. The maximum atomic E-state index is 13.1. The summed E-state index contributed by atoms with van der Waals surface area (Å²) < 4.78 is 26.5. The van der Waals surface area contributed by atoms with Gasteiger partial charge in [0, 0.05) is 18.7 Å². The molecular formula is C22H26N4O5S. The van der Waals surface area contributed by atoms with Crippen LogP contribution in [-0.2, 0) is 20.4 Å². The van der Waals surface area contributed by atoms with E-state index in [2.05, 4.69) is 10.7 Å². The number of imide groups is 1. The average Bonchev–Trinajstić information content (AvgIpc) is 3.05. The first kappa shape index (κ1) is 23.4. The summed E-state index contributed by atoms with van der Waals surface area (Å²) in [5, 5.41) is 3.35. The van der Waals surface area contributed by atoms with Gasteiger partial charge in [-0.2, -0.15) is 9.31 Å². The molecule has 9 nitrogen and oxygen atoms in total. The summed E-state index contributed by atoms with van der Waals surface area (Å²) in [5.41, 5.74) is 1.78. The quantitative estimate of drug-likeness (QED) is 0.589. The van der Waals surface area contributed by atoms with Crippen LogP contribution in [0.3, 0.4) is 0 Å². The van der Waals surface area contributed by atoms with E-state index in [0.29, 0.717) is 30.1 Å². The van der Waals surface area contributed by atoms with Crippen molar-refractivity contribution < 1.29 is 22.8 Å². The van der Waals surface area contributed by atoms with Crippen LogP contribution in [-0.4, -0.2) is 48.7 Å². The standard InChI is InChI=1S/C22H26N4O5S/c1-4-22(17-10-8-7-9-11-17)20(28)26(21(29)23-22)24-19(27)16-12-14-18(15-13-16)32(30,31)25(5-2)6-3/h7-15H,4-6H2,1-3H3,(H,23,29)(H,24,27)/t22-/m1/s1. The SMILES string of the molecule is CCN(CC)S(=O)(=O)c1ccc(C(=O)NN2C(=O)N[C@](CC)(c3ccccc3)C2=O)cc1. The Morgan fingerprint density at radius 2 is 1.59 bits per heavy atom. The van der Waals surface area contributed by atoms with E-state index in [1.165, 1.54) is 28.6 Å². The van der Waals surface area contributed by atoms with Crippen LogP contribution in [0, 0.1) is 0 Å². The second-order valence-electron chi connectivity index (χ2n) is 7.25. The van der Waals surface area contributed by atoms with Crippen LogP contribution in [0.2, 0.25) is 0 Å². The van der Waals surface area contributed by atoms with E-state index < -0.39 is 33.4 Å².